The number of furan rings is 1. The van der Waals surface area contributed by atoms with Crippen molar-refractivity contribution in [2.45, 2.75) is 52.3 Å². The molecule has 278 valence electrons. The van der Waals surface area contributed by atoms with Gasteiger partial charge in [0.05, 0.1) is 17.1 Å². The number of nitrogens with zero attached hydrogens (tertiary/aromatic N) is 4. The summed E-state index contributed by atoms with van der Waals surface area (Å²) in [4.78, 5) is 19.0. The minimum atomic E-state index is -2.32. The molecule has 0 aliphatic rings. The Morgan fingerprint density at radius 2 is 1.07 bits per heavy atom. The third-order valence-corrected chi connectivity index (χ3v) is 10.8. The van der Waals surface area contributed by atoms with Crippen molar-refractivity contribution in [3.63, 3.8) is 0 Å². The Bertz CT molecular complexity index is 2800. The maximum atomic E-state index is 8.56. The van der Waals surface area contributed by atoms with Gasteiger partial charge in [0.15, 0.2) is 0 Å². The van der Waals surface area contributed by atoms with Crippen LogP contribution in [0, 0.1) is 13.8 Å². The average Bonchev–Trinajstić information content (AvgIpc) is 3.65. The number of hydrogen-bond donors (Lipinski definition) is 0. The molecule has 9 rings (SSSR count). The second-order valence-electron chi connectivity index (χ2n) is 14.8. The topological polar surface area (TPSA) is 64.7 Å². The minimum absolute atomic E-state index is 0.309. The predicted molar refractivity (Wildman–Crippen MR) is 232 cm³/mol. The van der Waals surface area contributed by atoms with Crippen LogP contribution >= 0.6 is 0 Å². The molecule has 0 amide bonds. The summed E-state index contributed by atoms with van der Waals surface area (Å²) >= 11 is 0. The molecule has 0 aliphatic carbocycles. The Labute approximate surface area is 338 Å². The maximum Gasteiger partial charge on any atom is 0.227 e. The van der Waals surface area contributed by atoms with Gasteiger partial charge in [0.25, 0.3) is 0 Å². The summed E-state index contributed by atoms with van der Waals surface area (Å²) < 4.78 is 31.9. The van der Waals surface area contributed by atoms with Crippen LogP contribution in [0.3, 0.4) is 0 Å². The molecule has 0 atom stereocenters. The number of hydrogen-bond acceptors (Lipinski definition) is 5. The molecule has 5 nitrogen and oxygen atoms in total. The molecule has 0 bridgehead atoms. The van der Waals surface area contributed by atoms with E-state index in [1.54, 1.807) is 12.3 Å². The molecule has 0 saturated heterocycles. The summed E-state index contributed by atoms with van der Waals surface area (Å²) in [5, 5.41) is 1.84. The molecule has 0 radical (unpaired) electrons. The lowest BCUT2D eigenvalue weighted by molar-refractivity contribution is 0.653. The molecule has 0 saturated carbocycles. The van der Waals surface area contributed by atoms with Crippen LogP contribution in [-0.4, -0.2) is 19.9 Å². The number of aromatic nitrogens is 4. The van der Waals surface area contributed by atoms with Gasteiger partial charge in [0, 0.05) is 55.9 Å². The fourth-order valence-electron chi connectivity index (χ4n) is 7.64. The number of benzene rings is 4. The lowest BCUT2D eigenvalue weighted by Crippen LogP contribution is -2.01. The van der Waals surface area contributed by atoms with Gasteiger partial charge in [-0.3, -0.25) is 15.0 Å². The van der Waals surface area contributed by atoms with Crippen molar-refractivity contribution < 1.29 is 8.53 Å². The first-order valence-electron chi connectivity index (χ1n) is 21.1. The predicted octanol–water partition coefficient (Wildman–Crippen LogP) is 12.1. The number of pyridine rings is 4. The van der Waals surface area contributed by atoms with Crippen LogP contribution < -0.4 is 0 Å². The Hall–Kier alpha value is -6.72. The molecule has 0 spiro atoms. The Kier molecular flexibility index (Phi) is 9.23. The summed E-state index contributed by atoms with van der Waals surface area (Å²) in [5.41, 5.74) is 14.6. The smallest absolute Gasteiger partial charge is 0.227 e. The Morgan fingerprint density at radius 1 is 0.491 bits per heavy atom. The minimum Gasteiger partial charge on any atom is -0.437 e. The van der Waals surface area contributed by atoms with Crippen LogP contribution in [-0.2, 0) is 38.5 Å². The van der Waals surface area contributed by atoms with E-state index in [0.717, 1.165) is 70.2 Å². The van der Waals surface area contributed by atoms with Crippen molar-refractivity contribution in [1.82, 2.24) is 19.9 Å². The first-order chi connectivity index (χ1) is 29.2. The molecular formula is C52H44N4O. The number of aryl methyl sites for hydroxylation is 8. The van der Waals surface area contributed by atoms with E-state index in [2.05, 4.69) is 71.7 Å². The van der Waals surface area contributed by atoms with Crippen LogP contribution in [0.15, 0.2) is 163 Å². The van der Waals surface area contributed by atoms with Gasteiger partial charge in [-0.1, -0.05) is 103 Å². The van der Waals surface area contributed by atoms with E-state index >= 15 is 0 Å². The highest BCUT2D eigenvalue weighted by atomic mass is 16.3. The molecule has 4 aromatic carbocycles. The van der Waals surface area contributed by atoms with E-state index in [4.69, 9.17) is 23.5 Å². The zero-order valence-electron chi connectivity index (χ0n) is 35.0. The van der Waals surface area contributed by atoms with E-state index < -0.39 is 6.85 Å². The van der Waals surface area contributed by atoms with Crippen LogP contribution in [0.1, 0.15) is 48.8 Å². The molecule has 0 fully saturated rings. The SMILES string of the molecule is [2H]C([2H])([2H])c1cc(-c2cccc3c2oc2nc(C)ccc23)ncc1CCc1cc(CCc2ccc(-c3ccccc3)nc2)cc(CCc2ccc(-c3ccccc3)nc2)c1. The third-order valence-electron chi connectivity index (χ3n) is 10.8. The van der Waals surface area contributed by atoms with Gasteiger partial charge in [-0.2, -0.15) is 0 Å². The first kappa shape index (κ1) is 32.5. The van der Waals surface area contributed by atoms with Crippen LogP contribution in [0.25, 0.3) is 55.8 Å². The zero-order chi connectivity index (χ0) is 41.1. The van der Waals surface area contributed by atoms with Crippen molar-refractivity contribution in [1.29, 1.82) is 0 Å². The van der Waals surface area contributed by atoms with Gasteiger partial charge in [-0.25, -0.2) is 4.98 Å². The normalized spacial score (nSPS) is 12.4. The van der Waals surface area contributed by atoms with E-state index in [0.29, 0.717) is 41.0 Å². The molecule has 5 heterocycles. The summed E-state index contributed by atoms with van der Waals surface area (Å²) in [6.45, 7) is -0.393. The van der Waals surface area contributed by atoms with Crippen molar-refractivity contribution in [2.75, 3.05) is 0 Å². The molecule has 9 aromatic rings. The average molecular weight is 744 g/mol. The Morgan fingerprint density at radius 3 is 1.65 bits per heavy atom. The van der Waals surface area contributed by atoms with Crippen molar-refractivity contribution >= 4 is 22.1 Å². The molecule has 0 unspecified atom stereocenters. The standard InChI is InChI=1S/C52H44N4O/c1-35-28-50(47-15-9-14-45-46-25-16-36(2)56-52(46)57-51(45)47)55-34-44(35)24-21-41-30-39(19-17-37-22-26-48(53-32-37)42-10-5-3-6-11-42)29-40(31-41)20-18-38-23-27-49(54-33-38)43-12-7-4-8-13-43/h3-16,22-23,25-34H,17-21,24H2,1-2H3/i1D3. The monoisotopic (exact) mass is 743 g/mol. The molecule has 5 heteroatoms. The van der Waals surface area contributed by atoms with Gasteiger partial charge in [-0.15, -0.1) is 0 Å². The fraction of sp³-hybridized carbons (Fsp3) is 0.154. The number of rotatable bonds is 12. The van der Waals surface area contributed by atoms with Gasteiger partial charge < -0.3 is 4.42 Å². The van der Waals surface area contributed by atoms with Gasteiger partial charge in [-0.05, 0) is 128 Å². The highest BCUT2D eigenvalue weighted by molar-refractivity contribution is 6.08. The van der Waals surface area contributed by atoms with Gasteiger partial charge in [0.2, 0.25) is 5.71 Å². The fourth-order valence-corrected chi connectivity index (χ4v) is 7.64. The summed E-state index contributed by atoms with van der Waals surface area (Å²) in [6, 6.07) is 47.5. The molecular weight excluding hydrogens is 697 g/mol. The second-order valence-corrected chi connectivity index (χ2v) is 14.8. The van der Waals surface area contributed by atoms with Gasteiger partial charge >= 0.3 is 0 Å². The highest BCUT2D eigenvalue weighted by Gasteiger charge is 2.15. The van der Waals surface area contributed by atoms with Gasteiger partial charge in [0.1, 0.15) is 5.58 Å². The van der Waals surface area contributed by atoms with E-state index in [1.807, 2.05) is 86.0 Å². The number of para-hydroxylation sites is 1. The van der Waals surface area contributed by atoms with Crippen molar-refractivity contribution in [2.24, 2.45) is 0 Å². The Balaban J connectivity index is 0.971. The highest BCUT2D eigenvalue weighted by Crippen LogP contribution is 2.35. The maximum absolute atomic E-state index is 8.56. The number of fused-ring (bicyclic) bond motifs is 3. The summed E-state index contributed by atoms with van der Waals surface area (Å²) in [7, 11) is 0. The van der Waals surface area contributed by atoms with Crippen LogP contribution in [0.5, 0.6) is 0 Å². The molecule has 0 N–H and O–H groups in total. The third kappa shape index (κ3) is 8.15. The van der Waals surface area contributed by atoms with E-state index in [-0.39, 0.29) is 0 Å². The van der Waals surface area contributed by atoms with Crippen molar-refractivity contribution in [3.05, 3.63) is 203 Å². The second kappa shape index (κ2) is 16.2. The quantitative estimate of drug-likeness (QED) is 0.125. The summed E-state index contributed by atoms with van der Waals surface area (Å²) in [5.74, 6) is 0. The zero-order valence-corrected chi connectivity index (χ0v) is 32.0. The van der Waals surface area contributed by atoms with E-state index in [9.17, 15) is 0 Å². The van der Waals surface area contributed by atoms with E-state index in [1.165, 1.54) is 27.8 Å². The first-order valence-corrected chi connectivity index (χ1v) is 19.6. The van der Waals surface area contributed by atoms with Crippen LogP contribution in [0.4, 0.5) is 0 Å². The summed E-state index contributed by atoms with van der Waals surface area (Å²) in [6.07, 6.45) is 10.4. The van der Waals surface area contributed by atoms with Crippen LogP contribution in [0.2, 0.25) is 0 Å². The van der Waals surface area contributed by atoms with Crippen molar-refractivity contribution in [3.8, 4) is 33.8 Å². The lowest BCUT2D eigenvalue weighted by Gasteiger charge is -2.13. The molecule has 57 heavy (non-hydrogen) atoms. The molecule has 0 aliphatic heterocycles. The largest absolute Gasteiger partial charge is 0.437 e. The molecule has 5 aromatic heterocycles. The lowest BCUT2D eigenvalue weighted by atomic mass is 9.94.